The molecule has 4 N–H and O–H groups in total. The molecule has 0 bridgehead atoms. The third kappa shape index (κ3) is 8.47. The first-order chi connectivity index (χ1) is 20.2. The van der Waals surface area contributed by atoms with E-state index in [9.17, 15) is 23.6 Å². The van der Waals surface area contributed by atoms with Crippen molar-refractivity contribution in [3.05, 3.63) is 102 Å². The molecular formula is C32H36FN5O4. The molecule has 0 aromatic heterocycles. The van der Waals surface area contributed by atoms with Crippen LogP contribution in [0.1, 0.15) is 24.5 Å². The average Bonchev–Trinajstić information content (AvgIpc) is 2.98. The number of halogens is 1. The number of amides is 4. The minimum Gasteiger partial charge on any atom is -0.350 e. The summed E-state index contributed by atoms with van der Waals surface area (Å²) in [6.07, 6.45) is 0.679. The quantitative estimate of drug-likeness (QED) is 0.288. The van der Waals surface area contributed by atoms with Crippen molar-refractivity contribution in [2.24, 2.45) is 11.7 Å². The molecule has 3 aromatic rings. The molecule has 0 unspecified atom stereocenters. The van der Waals surface area contributed by atoms with Gasteiger partial charge in [0, 0.05) is 43.3 Å². The number of nitrogens with two attached hydrogens (primary N) is 1. The van der Waals surface area contributed by atoms with Crippen LogP contribution in [0.3, 0.4) is 0 Å². The summed E-state index contributed by atoms with van der Waals surface area (Å²) in [6, 6.07) is 23.3. The largest absolute Gasteiger partial charge is 0.350 e. The van der Waals surface area contributed by atoms with Gasteiger partial charge in [0.15, 0.2) is 0 Å². The van der Waals surface area contributed by atoms with Gasteiger partial charge in [-0.1, -0.05) is 67.6 Å². The molecular weight excluding hydrogens is 537 g/mol. The first-order valence-corrected chi connectivity index (χ1v) is 14.0. The maximum Gasteiger partial charge on any atom is 0.312 e. The van der Waals surface area contributed by atoms with Gasteiger partial charge >= 0.3 is 11.8 Å². The minimum absolute atomic E-state index is 0.237. The van der Waals surface area contributed by atoms with E-state index in [1.165, 1.54) is 34.1 Å². The van der Waals surface area contributed by atoms with Gasteiger partial charge < -0.3 is 26.2 Å². The molecule has 1 saturated heterocycles. The summed E-state index contributed by atoms with van der Waals surface area (Å²) in [7, 11) is 0. The van der Waals surface area contributed by atoms with Crippen LogP contribution in [0.15, 0.2) is 84.9 Å². The van der Waals surface area contributed by atoms with Gasteiger partial charge in [-0.3, -0.25) is 19.2 Å². The number of hydrogen-bond donors (Lipinski definition) is 3. The lowest BCUT2D eigenvalue weighted by atomic mass is 9.92. The topological polar surface area (TPSA) is 125 Å². The summed E-state index contributed by atoms with van der Waals surface area (Å²) in [5.41, 5.74) is 8.89. The second kappa shape index (κ2) is 14.4. The Morgan fingerprint density at radius 2 is 1.43 bits per heavy atom. The SMILES string of the molecule is C[C@H](C[C@H](N)[C@H](Cc1ccccc1)NC(=O)CN1CCN(Cc2ccccc2)C(=O)C1=O)C(=O)Nc1ccc(F)cc1. The first-order valence-electron chi connectivity index (χ1n) is 14.0. The van der Waals surface area contributed by atoms with Crippen molar-refractivity contribution in [3.63, 3.8) is 0 Å². The van der Waals surface area contributed by atoms with Gasteiger partial charge in [0.05, 0.1) is 0 Å². The van der Waals surface area contributed by atoms with Gasteiger partial charge in [-0.2, -0.15) is 0 Å². The Morgan fingerprint density at radius 3 is 2.07 bits per heavy atom. The van der Waals surface area contributed by atoms with Crippen molar-refractivity contribution in [3.8, 4) is 0 Å². The number of carbonyl (C=O) groups excluding carboxylic acids is 4. The zero-order valence-corrected chi connectivity index (χ0v) is 23.5. The molecule has 0 radical (unpaired) electrons. The van der Waals surface area contributed by atoms with Gasteiger partial charge in [0.2, 0.25) is 11.8 Å². The number of piperazine rings is 1. The van der Waals surface area contributed by atoms with E-state index in [1.54, 1.807) is 6.92 Å². The number of hydrogen-bond acceptors (Lipinski definition) is 5. The number of carbonyl (C=O) groups is 4. The van der Waals surface area contributed by atoms with Crippen molar-refractivity contribution in [1.82, 2.24) is 15.1 Å². The fraction of sp³-hybridized carbons (Fsp3) is 0.312. The molecule has 0 spiro atoms. The van der Waals surface area contributed by atoms with Gasteiger partial charge in [-0.05, 0) is 48.2 Å². The predicted octanol–water partition coefficient (Wildman–Crippen LogP) is 2.72. The summed E-state index contributed by atoms with van der Waals surface area (Å²) >= 11 is 0. The van der Waals surface area contributed by atoms with Crippen LogP contribution in [0.4, 0.5) is 10.1 Å². The van der Waals surface area contributed by atoms with Crippen LogP contribution in [-0.2, 0) is 32.1 Å². The number of nitrogens with zero attached hydrogens (tertiary/aromatic N) is 2. The first kappa shape index (κ1) is 30.4. The number of benzene rings is 3. The third-order valence-electron chi connectivity index (χ3n) is 7.29. The summed E-state index contributed by atoms with van der Waals surface area (Å²) in [5, 5.41) is 5.70. The molecule has 1 heterocycles. The van der Waals surface area contributed by atoms with Crippen LogP contribution in [-0.4, -0.2) is 65.1 Å². The minimum atomic E-state index is -0.720. The van der Waals surface area contributed by atoms with Crippen molar-refractivity contribution >= 4 is 29.3 Å². The van der Waals surface area contributed by atoms with E-state index in [2.05, 4.69) is 10.6 Å². The molecule has 4 amide bonds. The van der Waals surface area contributed by atoms with E-state index in [0.29, 0.717) is 25.2 Å². The third-order valence-corrected chi connectivity index (χ3v) is 7.29. The summed E-state index contributed by atoms with van der Waals surface area (Å²) < 4.78 is 13.2. The molecule has 0 saturated carbocycles. The fourth-order valence-electron chi connectivity index (χ4n) is 4.90. The highest BCUT2D eigenvalue weighted by Gasteiger charge is 2.34. The van der Waals surface area contributed by atoms with Crippen LogP contribution in [0, 0.1) is 11.7 Å². The Hall–Kier alpha value is -4.57. The fourth-order valence-corrected chi connectivity index (χ4v) is 4.90. The smallest absolute Gasteiger partial charge is 0.312 e. The zero-order chi connectivity index (χ0) is 30.1. The van der Waals surface area contributed by atoms with Gasteiger partial charge in [0.1, 0.15) is 12.4 Å². The normalized spacial score (nSPS) is 15.6. The Labute approximate surface area is 244 Å². The molecule has 1 fully saturated rings. The zero-order valence-electron chi connectivity index (χ0n) is 23.5. The lowest BCUT2D eigenvalue weighted by Crippen LogP contribution is -2.57. The molecule has 3 aromatic carbocycles. The Balaban J connectivity index is 1.36. The summed E-state index contributed by atoms with van der Waals surface area (Å²) in [5.74, 6) is -2.98. The van der Waals surface area contributed by atoms with E-state index in [1.807, 2.05) is 60.7 Å². The van der Waals surface area contributed by atoms with Gasteiger partial charge in [-0.25, -0.2) is 4.39 Å². The van der Waals surface area contributed by atoms with Crippen LogP contribution >= 0.6 is 0 Å². The van der Waals surface area contributed by atoms with Crippen LogP contribution < -0.4 is 16.4 Å². The predicted molar refractivity (Wildman–Crippen MR) is 157 cm³/mol. The van der Waals surface area contributed by atoms with Crippen molar-refractivity contribution in [2.75, 3.05) is 25.0 Å². The Kier molecular flexibility index (Phi) is 10.4. The molecule has 9 nitrogen and oxygen atoms in total. The average molecular weight is 574 g/mol. The highest BCUT2D eigenvalue weighted by atomic mass is 19.1. The summed E-state index contributed by atoms with van der Waals surface area (Å²) in [4.78, 5) is 54.2. The van der Waals surface area contributed by atoms with E-state index in [-0.39, 0.29) is 25.4 Å². The molecule has 0 aliphatic carbocycles. The van der Waals surface area contributed by atoms with Crippen molar-refractivity contribution in [2.45, 2.75) is 38.4 Å². The van der Waals surface area contributed by atoms with E-state index in [0.717, 1.165) is 11.1 Å². The molecule has 220 valence electrons. The number of rotatable bonds is 12. The van der Waals surface area contributed by atoms with Gasteiger partial charge in [0.25, 0.3) is 0 Å². The molecule has 42 heavy (non-hydrogen) atoms. The molecule has 1 aliphatic heterocycles. The molecule has 1 aliphatic rings. The standard InChI is InChI=1S/C32H36FN5O4/c1-22(30(40)35-26-14-12-25(33)13-15-26)18-27(34)28(19-23-8-4-2-5-9-23)36-29(39)21-38-17-16-37(31(41)32(38)42)20-24-10-6-3-7-11-24/h2-15,22,27-28H,16-21,34H2,1H3,(H,35,40)(H,36,39)/t22-,27+,28+/m1/s1. The van der Waals surface area contributed by atoms with Crippen molar-refractivity contribution < 1.29 is 23.6 Å². The Morgan fingerprint density at radius 1 is 0.857 bits per heavy atom. The summed E-state index contributed by atoms with van der Waals surface area (Å²) in [6.45, 7) is 2.34. The molecule has 3 atom stereocenters. The van der Waals surface area contributed by atoms with E-state index < -0.39 is 41.5 Å². The van der Waals surface area contributed by atoms with Crippen LogP contribution in [0.25, 0.3) is 0 Å². The number of anilines is 1. The maximum atomic E-state index is 13.2. The number of nitrogens with one attached hydrogen (secondary N) is 2. The highest BCUT2D eigenvalue weighted by Crippen LogP contribution is 2.16. The van der Waals surface area contributed by atoms with E-state index in [4.69, 9.17) is 5.73 Å². The lowest BCUT2D eigenvalue weighted by molar-refractivity contribution is -0.157. The monoisotopic (exact) mass is 573 g/mol. The van der Waals surface area contributed by atoms with Crippen molar-refractivity contribution in [1.29, 1.82) is 0 Å². The van der Waals surface area contributed by atoms with Crippen LogP contribution in [0.2, 0.25) is 0 Å². The molecule has 4 rings (SSSR count). The van der Waals surface area contributed by atoms with Crippen LogP contribution in [0.5, 0.6) is 0 Å². The second-order valence-corrected chi connectivity index (χ2v) is 10.6. The lowest BCUT2D eigenvalue weighted by Gasteiger charge is -2.34. The van der Waals surface area contributed by atoms with Gasteiger partial charge in [-0.15, -0.1) is 0 Å². The highest BCUT2D eigenvalue weighted by molar-refractivity contribution is 6.35. The second-order valence-electron chi connectivity index (χ2n) is 10.6. The Bertz CT molecular complexity index is 1370. The van der Waals surface area contributed by atoms with E-state index >= 15 is 0 Å². The molecule has 10 heteroatoms. The maximum absolute atomic E-state index is 13.2.